The second-order valence-electron chi connectivity index (χ2n) is 11.8. The van der Waals surface area contributed by atoms with Crippen LogP contribution in [0.3, 0.4) is 0 Å². The number of nitrogens with zero attached hydrogens (tertiary/aromatic N) is 3. The van der Waals surface area contributed by atoms with Crippen molar-refractivity contribution in [2.45, 2.75) is 64.8 Å². The highest BCUT2D eigenvalue weighted by atomic mass is 16.7. The van der Waals surface area contributed by atoms with Crippen LogP contribution < -0.4 is 19.1 Å². The van der Waals surface area contributed by atoms with Gasteiger partial charge in [-0.25, -0.2) is 0 Å². The summed E-state index contributed by atoms with van der Waals surface area (Å²) in [5.41, 5.74) is 2.58. The molecule has 0 bridgehead atoms. The molecule has 9 nitrogen and oxygen atoms in total. The van der Waals surface area contributed by atoms with Crippen molar-refractivity contribution in [2.75, 3.05) is 59.1 Å². The molecule has 226 valence electrons. The number of hydrogen-bond donors (Lipinski definition) is 1. The Hall–Kier alpha value is -3.01. The van der Waals surface area contributed by atoms with E-state index >= 15 is 0 Å². The molecule has 0 unspecified atom stereocenters. The molecule has 41 heavy (non-hydrogen) atoms. The molecule has 1 amide bonds. The molecule has 0 aromatic heterocycles. The molecule has 0 radical (unpaired) electrons. The molecule has 2 aliphatic heterocycles. The zero-order chi connectivity index (χ0) is 29.5. The molecule has 2 aromatic rings. The van der Waals surface area contributed by atoms with Crippen molar-refractivity contribution in [1.82, 2.24) is 9.80 Å². The number of aliphatic hydroxyl groups is 1. The number of carbonyl (C=O) groups is 1. The van der Waals surface area contributed by atoms with E-state index in [0.717, 1.165) is 48.6 Å². The minimum atomic E-state index is -0.363. The monoisotopic (exact) mass is 569 g/mol. The maximum atomic E-state index is 14.1. The molecule has 2 aromatic carbocycles. The summed E-state index contributed by atoms with van der Waals surface area (Å²) in [6, 6.07) is 11.5. The number of amides is 1. The number of ether oxygens (including phenoxy) is 4. The van der Waals surface area contributed by atoms with Gasteiger partial charge in [0.1, 0.15) is 5.75 Å². The molecule has 4 atom stereocenters. The first kappa shape index (κ1) is 30.9. The van der Waals surface area contributed by atoms with Crippen molar-refractivity contribution in [2.24, 2.45) is 5.92 Å². The smallest absolute Gasteiger partial charge is 0.258 e. The Labute approximate surface area is 244 Å². The van der Waals surface area contributed by atoms with Gasteiger partial charge in [0.25, 0.3) is 5.91 Å². The summed E-state index contributed by atoms with van der Waals surface area (Å²) >= 11 is 0. The SMILES string of the molecule is C[C@@H]1CN([C@@H](C)CO)C(=O)c2cc(N(C)C)ccc2O[C@@H](C)CCCCO[C@@H]1CN(C)Cc1ccc2c(c1)OCO2. The number of fused-ring (bicyclic) bond motifs is 2. The average Bonchev–Trinajstić information content (AvgIpc) is 3.42. The normalized spacial score (nSPS) is 22.6. The number of benzene rings is 2. The van der Waals surface area contributed by atoms with Crippen LogP contribution in [0.15, 0.2) is 36.4 Å². The first-order chi connectivity index (χ1) is 19.7. The molecule has 0 fully saturated rings. The third kappa shape index (κ3) is 8.05. The number of hydrogen-bond acceptors (Lipinski definition) is 8. The fraction of sp³-hybridized carbons (Fsp3) is 0.594. The van der Waals surface area contributed by atoms with E-state index in [1.807, 2.05) is 63.2 Å². The van der Waals surface area contributed by atoms with Gasteiger partial charge in [0.2, 0.25) is 6.79 Å². The summed E-state index contributed by atoms with van der Waals surface area (Å²) in [6.45, 7) is 8.71. The van der Waals surface area contributed by atoms with E-state index in [-0.39, 0.29) is 43.5 Å². The summed E-state index contributed by atoms with van der Waals surface area (Å²) in [7, 11) is 6.00. The topological polar surface area (TPSA) is 83.9 Å². The van der Waals surface area contributed by atoms with Crippen molar-refractivity contribution in [3.05, 3.63) is 47.5 Å². The van der Waals surface area contributed by atoms with E-state index in [4.69, 9.17) is 18.9 Å². The van der Waals surface area contributed by atoms with Crippen LogP contribution in [0.5, 0.6) is 17.2 Å². The average molecular weight is 570 g/mol. The highest BCUT2D eigenvalue weighted by Gasteiger charge is 2.30. The van der Waals surface area contributed by atoms with Gasteiger partial charge < -0.3 is 33.9 Å². The van der Waals surface area contributed by atoms with Crippen LogP contribution in [-0.2, 0) is 11.3 Å². The van der Waals surface area contributed by atoms with E-state index in [9.17, 15) is 9.90 Å². The zero-order valence-corrected chi connectivity index (χ0v) is 25.5. The molecule has 1 N–H and O–H groups in total. The van der Waals surface area contributed by atoms with Gasteiger partial charge in [-0.05, 0) is 76.1 Å². The predicted octanol–water partition coefficient (Wildman–Crippen LogP) is 4.41. The highest BCUT2D eigenvalue weighted by Crippen LogP contribution is 2.33. The zero-order valence-electron chi connectivity index (χ0n) is 25.5. The second-order valence-corrected chi connectivity index (χ2v) is 11.8. The van der Waals surface area contributed by atoms with Crippen molar-refractivity contribution in [3.63, 3.8) is 0 Å². The molecule has 0 saturated carbocycles. The third-order valence-corrected chi connectivity index (χ3v) is 7.93. The molecule has 2 heterocycles. The molecular formula is C32H47N3O6. The largest absolute Gasteiger partial charge is 0.490 e. The van der Waals surface area contributed by atoms with Gasteiger partial charge in [-0.3, -0.25) is 9.69 Å². The Morgan fingerprint density at radius 1 is 1.02 bits per heavy atom. The lowest BCUT2D eigenvalue weighted by Gasteiger charge is -2.36. The number of rotatable bonds is 7. The van der Waals surface area contributed by atoms with Crippen LogP contribution in [0, 0.1) is 5.92 Å². The van der Waals surface area contributed by atoms with Gasteiger partial charge in [-0.2, -0.15) is 0 Å². The van der Waals surface area contributed by atoms with Crippen molar-refractivity contribution >= 4 is 11.6 Å². The number of likely N-dealkylation sites (N-methyl/N-ethyl adjacent to an activating group) is 1. The summed E-state index contributed by atoms with van der Waals surface area (Å²) in [5.74, 6) is 2.02. The van der Waals surface area contributed by atoms with Gasteiger partial charge in [-0.1, -0.05) is 13.0 Å². The fourth-order valence-electron chi connectivity index (χ4n) is 5.37. The molecule has 0 aliphatic carbocycles. The van der Waals surface area contributed by atoms with E-state index in [2.05, 4.69) is 24.9 Å². The Morgan fingerprint density at radius 3 is 2.54 bits per heavy atom. The number of anilines is 1. The van der Waals surface area contributed by atoms with Crippen molar-refractivity contribution < 1.29 is 28.8 Å². The molecule has 4 rings (SSSR count). The lowest BCUT2D eigenvalue weighted by molar-refractivity contribution is -0.0177. The third-order valence-electron chi connectivity index (χ3n) is 7.93. The Balaban J connectivity index is 1.57. The van der Waals surface area contributed by atoms with Gasteiger partial charge in [0.15, 0.2) is 11.5 Å². The van der Waals surface area contributed by atoms with Crippen molar-refractivity contribution in [1.29, 1.82) is 0 Å². The van der Waals surface area contributed by atoms with Gasteiger partial charge in [-0.15, -0.1) is 0 Å². The van der Waals surface area contributed by atoms with Gasteiger partial charge in [0.05, 0.1) is 30.4 Å². The van der Waals surface area contributed by atoms with Crippen LogP contribution >= 0.6 is 0 Å². The molecule has 0 saturated heterocycles. The van der Waals surface area contributed by atoms with Crippen LogP contribution in [-0.4, -0.2) is 93.3 Å². The van der Waals surface area contributed by atoms with E-state index in [1.54, 1.807) is 4.90 Å². The molecule has 9 heteroatoms. The number of carbonyl (C=O) groups excluding carboxylic acids is 1. The fourth-order valence-corrected chi connectivity index (χ4v) is 5.37. The molecule has 0 spiro atoms. The highest BCUT2D eigenvalue weighted by molar-refractivity contribution is 5.98. The first-order valence-corrected chi connectivity index (χ1v) is 14.7. The number of aliphatic hydroxyl groups excluding tert-OH is 1. The summed E-state index contributed by atoms with van der Waals surface area (Å²) in [4.78, 5) is 20.1. The van der Waals surface area contributed by atoms with E-state index in [1.165, 1.54) is 0 Å². The first-order valence-electron chi connectivity index (χ1n) is 14.7. The maximum Gasteiger partial charge on any atom is 0.258 e. The minimum absolute atomic E-state index is 0.0235. The van der Waals surface area contributed by atoms with Crippen LogP contribution in [0.25, 0.3) is 0 Å². The quantitative estimate of drug-likeness (QED) is 0.525. The standard InChI is InChI=1S/C32H47N3O6/c1-22-17-35(23(2)20-36)32(37)27-16-26(33(4)5)11-13-28(27)41-24(3)9-7-8-14-38-31(22)19-34(6)18-25-10-12-29-30(15-25)40-21-39-29/h10-13,15-16,22-24,31,36H,7-9,14,17-21H2,1-6H3/t22-,23+,24+,31-/m1/s1. The minimum Gasteiger partial charge on any atom is -0.490 e. The lowest BCUT2D eigenvalue weighted by Crippen LogP contribution is -2.47. The maximum absolute atomic E-state index is 14.1. The van der Waals surface area contributed by atoms with E-state index in [0.29, 0.717) is 31.0 Å². The Morgan fingerprint density at radius 2 is 1.78 bits per heavy atom. The lowest BCUT2D eigenvalue weighted by atomic mass is 10.0. The molecular weight excluding hydrogens is 522 g/mol. The molecule has 2 aliphatic rings. The Bertz CT molecular complexity index is 1160. The summed E-state index contributed by atoms with van der Waals surface area (Å²) < 4.78 is 23.8. The summed E-state index contributed by atoms with van der Waals surface area (Å²) in [6.07, 6.45) is 2.64. The summed E-state index contributed by atoms with van der Waals surface area (Å²) in [5, 5.41) is 10.1. The van der Waals surface area contributed by atoms with Gasteiger partial charge >= 0.3 is 0 Å². The van der Waals surface area contributed by atoms with Crippen LogP contribution in [0.1, 0.15) is 56.0 Å². The van der Waals surface area contributed by atoms with Crippen LogP contribution in [0.2, 0.25) is 0 Å². The Kier molecular flexibility index (Phi) is 10.8. The predicted molar refractivity (Wildman–Crippen MR) is 160 cm³/mol. The van der Waals surface area contributed by atoms with Crippen LogP contribution in [0.4, 0.5) is 5.69 Å². The van der Waals surface area contributed by atoms with Crippen molar-refractivity contribution in [3.8, 4) is 17.2 Å². The second kappa shape index (κ2) is 14.2. The van der Waals surface area contributed by atoms with Gasteiger partial charge in [0, 0.05) is 51.9 Å². The van der Waals surface area contributed by atoms with E-state index < -0.39 is 0 Å².